The number of amides is 1. The van der Waals surface area contributed by atoms with Crippen LogP contribution in [-0.4, -0.2) is 12.1 Å². The molecule has 0 unspecified atom stereocenters. The van der Waals surface area contributed by atoms with Crippen molar-refractivity contribution in [2.75, 3.05) is 0 Å². The Morgan fingerprint density at radius 1 is 0.840 bits per heavy atom. The van der Waals surface area contributed by atoms with Crippen LogP contribution in [0.1, 0.15) is 15.9 Å². The van der Waals surface area contributed by atoms with Crippen molar-refractivity contribution in [3.8, 4) is 11.1 Å². The Bertz CT molecular complexity index is 907. The third kappa shape index (κ3) is 4.47. The van der Waals surface area contributed by atoms with Crippen molar-refractivity contribution >= 4 is 35.3 Å². The standard InChI is InChI=1S/C20H14Cl2N2O/c21-18-11-6-14(12-19(18)22)13-23-24-20(25)17-9-7-16(8-10-17)15-4-2-1-3-5-15/h1-13H,(H,24,25)/b23-13+. The monoisotopic (exact) mass is 368 g/mol. The molecule has 1 N–H and O–H groups in total. The van der Waals surface area contributed by atoms with Crippen molar-refractivity contribution in [1.82, 2.24) is 5.43 Å². The number of nitrogens with zero attached hydrogens (tertiary/aromatic N) is 1. The van der Waals surface area contributed by atoms with E-state index in [-0.39, 0.29) is 5.91 Å². The van der Waals surface area contributed by atoms with E-state index in [4.69, 9.17) is 23.2 Å². The fourth-order valence-electron chi connectivity index (χ4n) is 2.27. The fourth-order valence-corrected chi connectivity index (χ4v) is 2.57. The molecule has 1 amide bonds. The van der Waals surface area contributed by atoms with E-state index < -0.39 is 0 Å². The van der Waals surface area contributed by atoms with E-state index in [2.05, 4.69) is 10.5 Å². The van der Waals surface area contributed by atoms with Gasteiger partial charge in [0, 0.05) is 5.56 Å². The molecule has 0 aliphatic carbocycles. The van der Waals surface area contributed by atoms with Gasteiger partial charge >= 0.3 is 0 Å². The maximum absolute atomic E-state index is 12.1. The molecular weight excluding hydrogens is 355 g/mol. The molecule has 0 atom stereocenters. The van der Waals surface area contributed by atoms with Crippen LogP contribution >= 0.6 is 23.2 Å². The molecule has 124 valence electrons. The second-order valence-corrected chi connectivity index (χ2v) is 6.13. The highest BCUT2D eigenvalue weighted by molar-refractivity contribution is 6.42. The molecule has 5 heteroatoms. The largest absolute Gasteiger partial charge is 0.271 e. The van der Waals surface area contributed by atoms with Crippen LogP contribution < -0.4 is 5.43 Å². The van der Waals surface area contributed by atoms with Gasteiger partial charge in [0.1, 0.15) is 0 Å². The molecule has 25 heavy (non-hydrogen) atoms. The highest BCUT2D eigenvalue weighted by Gasteiger charge is 2.05. The van der Waals surface area contributed by atoms with E-state index in [1.165, 1.54) is 6.21 Å². The van der Waals surface area contributed by atoms with E-state index in [9.17, 15) is 4.79 Å². The third-order valence-electron chi connectivity index (χ3n) is 3.58. The van der Waals surface area contributed by atoms with Gasteiger partial charge in [-0.25, -0.2) is 5.43 Å². The van der Waals surface area contributed by atoms with Crippen molar-refractivity contribution in [3.63, 3.8) is 0 Å². The van der Waals surface area contributed by atoms with Crippen LogP contribution in [0.5, 0.6) is 0 Å². The molecule has 3 aromatic rings. The molecule has 0 fully saturated rings. The van der Waals surface area contributed by atoms with Gasteiger partial charge in [0.15, 0.2) is 0 Å². The van der Waals surface area contributed by atoms with Gasteiger partial charge in [-0.15, -0.1) is 0 Å². The maximum atomic E-state index is 12.1. The highest BCUT2D eigenvalue weighted by atomic mass is 35.5. The van der Waals surface area contributed by atoms with Crippen LogP contribution in [0.2, 0.25) is 10.0 Å². The Kier molecular flexibility index (Phi) is 5.49. The number of benzene rings is 3. The van der Waals surface area contributed by atoms with Gasteiger partial charge in [-0.1, -0.05) is 71.7 Å². The summed E-state index contributed by atoms with van der Waals surface area (Å²) >= 11 is 11.8. The maximum Gasteiger partial charge on any atom is 0.271 e. The van der Waals surface area contributed by atoms with Gasteiger partial charge in [-0.2, -0.15) is 5.10 Å². The average Bonchev–Trinajstić information content (AvgIpc) is 2.65. The van der Waals surface area contributed by atoms with Crippen molar-refractivity contribution in [1.29, 1.82) is 0 Å². The normalized spacial score (nSPS) is 10.8. The predicted molar refractivity (Wildman–Crippen MR) is 103 cm³/mol. The average molecular weight is 369 g/mol. The second kappa shape index (κ2) is 7.97. The molecule has 0 radical (unpaired) electrons. The number of carbonyl (C=O) groups excluding carboxylic acids is 1. The summed E-state index contributed by atoms with van der Waals surface area (Å²) in [7, 11) is 0. The molecule has 3 rings (SSSR count). The van der Waals surface area contributed by atoms with Gasteiger partial charge < -0.3 is 0 Å². The van der Waals surface area contributed by atoms with Crippen molar-refractivity contribution < 1.29 is 4.79 Å². The summed E-state index contributed by atoms with van der Waals surface area (Å²) in [5, 5.41) is 4.85. The van der Waals surface area contributed by atoms with Crippen LogP contribution in [0.4, 0.5) is 0 Å². The number of carbonyl (C=O) groups is 1. The lowest BCUT2D eigenvalue weighted by Gasteiger charge is -2.04. The highest BCUT2D eigenvalue weighted by Crippen LogP contribution is 2.22. The topological polar surface area (TPSA) is 41.5 Å². The lowest BCUT2D eigenvalue weighted by molar-refractivity contribution is 0.0955. The number of hydrogen-bond acceptors (Lipinski definition) is 2. The first-order chi connectivity index (χ1) is 12.1. The molecule has 0 aromatic heterocycles. The lowest BCUT2D eigenvalue weighted by Crippen LogP contribution is -2.17. The molecule has 0 saturated carbocycles. The first-order valence-electron chi connectivity index (χ1n) is 7.57. The first-order valence-corrected chi connectivity index (χ1v) is 8.33. The van der Waals surface area contributed by atoms with Crippen LogP contribution in [0.25, 0.3) is 11.1 Å². The first kappa shape index (κ1) is 17.2. The number of nitrogens with one attached hydrogen (secondary N) is 1. The van der Waals surface area contributed by atoms with E-state index >= 15 is 0 Å². The molecular formula is C20H14Cl2N2O. The van der Waals surface area contributed by atoms with Crippen LogP contribution in [0.15, 0.2) is 77.9 Å². The zero-order chi connectivity index (χ0) is 17.6. The van der Waals surface area contributed by atoms with E-state index in [0.29, 0.717) is 15.6 Å². The molecule has 0 bridgehead atoms. The van der Waals surface area contributed by atoms with Crippen LogP contribution in [0, 0.1) is 0 Å². The number of rotatable bonds is 4. The van der Waals surface area contributed by atoms with E-state index in [1.54, 1.807) is 30.3 Å². The number of hydrogen-bond donors (Lipinski definition) is 1. The molecule has 0 heterocycles. The Balaban J connectivity index is 1.65. The summed E-state index contributed by atoms with van der Waals surface area (Å²) < 4.78 is 0. The summed E-state index contributed by atoms with van der Waals surface area (Å²) in [6.07, 6.45) is 1.51. The van der Waals surface area contributed by atoms with Crippen LogP contribution in [0.3, 0.4) is 0 Å². The predicted octanol–water partition coefficient (Wildman–Crippen LogP) is 5.42. The lowest BCUT2D eigenvalue weighted by atomic mass is 10.0. The second-order valence-electron chi connectivity index (χ2n) is 5.32. The van der Waals surface area contributed by atoms with Gasteiger partial charge in [-0.05, 0) is 41.0 Å². The fraction of sp³-hybridized carbons (Fsp3) is 0. The minimum absolute atomic E-state index is 0.282. The molecule has 0 aliphatic rings. The smallest absolute Gasteiger partial charge is 0.267 e. The summed E-state index contributed by atoms with van der Waals surface area (Å²) in [6.45, 7) is 0. The number of hydrazone groups is 1. The molecule has 0 saturated heterocycles. The summed E-state index contributed by atoms with van der Waals surface area (Å²) in [6, 6.07) is 22.5. The Morgan fingerprint density at radius 3 is 2.20 bits per heavy atom. The quantitative estimate of drug-likeness (QED) is 0.484. The molecule has 3 aromatic carbocycles. The molecule has 0 spiro atoms. The van der Waals surface area contributed by atoms with Crippen molar-refractivity contribution in [3.05, 3.63) is 94.0 Å². The van der Waals surface area contributed by atoms with Gasteiger partial charge in [-0.3, -0.25) is 4.79 Å². The Hall–Kier alpha value is -2.62. The van der Waals surface area contributed by atoms with E-state index in [0.717, 1.165) is 16.7 Å². The summed E-state index contributed by atoms with van der Waals surface area (Å²) in [5.74, 6) is -0.282. The van der Waals surface area contributed by atoms with Gasteiger partial charge in [0.05, 0.1) is 16.3 Å². The van der Waals surface area contributed by atoms with Gasteiger partial charge in [0.25, 0.3) is 5.91 Å². The Labute approximate surface area is 155 Å². The van der Waals surface area contributed by atoms with Crippen molar-refractivity contribution in [2.24, 2.45) is 5.10 Å². The molecule has 3 nitrogen and oxygen atoms in total. The summed E-state index contributed by atoms with van der Waals surface area (Å²) in [4.78, 5) is 12.1. The van der Waals surface area contributed by atoms with Crippen molar-refractivity contribution in [2.45, 2.75) is 0 Å². The zero-order valence-electron chi connectivity index (χ0n) is 13.1. The van der Waals surface area contributed by atoms with E-state index in [1.807, 2.05) is 42.5 Å². The molecule has 0 aliphatic heterocycles. The minimum Gasteiger partial charge on any atom is -0.267 e. The zero-order valence-corrected chi connectivity index (χ0v) is 14.6. The SMILES string of the molecule is O=C(N/N=C/c1ccc(Cl)c(Cl)c1)c1ccc(-c2ccccc2)cc1. The van der Waals surface area contributed by atoms with Gasteiger partial charge in [0.2, 0.25) is 0 Å². The number of halogens is 2. The Morgan fingerprint density at radius 2 is 1.52 bits per heavy atom. The third-order valence-corrected chi connectivity index (χ3v) is 4.32. The summed E-state index contributed by atoms with van der Waals surface area (Å²) in [5.41, 5.74) is 5.93. The minimum atomic E-state index is -0.282. The van der Waals surface area contributed by atoms with Crippen LogP contribution in [-0.2, 0) is 0 Å².